The molecule has 0 radical (unpaired) electrons. The van der Waals surface area contributed by atoms with Gasteiger partial charge in [0.15, 0.2) is 0 Å². The maximum Gasteiger partial charge on any atom is 0.223 e. The Hall–Kier alpha value is -1.97. The van der Waals surface area contributed by atoms with Crippen LogP contribution in [-0.4, -0.2) is 15.0 Å². The second-order valence-corrected chi connectivity index (χ2v) is 5.67. The van der Waals surface area contributed by atoms with Crippen molar-refractivity contribution in [1.82, 2.24) is 15.0 Å². The van der Waals surface area contributed by atoms with Crippen molar-refractivity contribution >= 4 is 5.95 Å². The zero-order valence-corrected chi connectivity index (χ0v) is 12.5. The largest absolute Gasteiger partial charge is 0.347 e. The standard InChI is InChI=1S/C17H22N4/c1-2-15(14-7-10-18-11-8-14)20-17-19-12-9-16(21-17)13-5-3-4-6-13/h7-13,15H,2-6H2,1H3,(H,19,20,21). The highest BCUT2D eigenvalue weighted by Gasteiger charge is 2.19. The quantitative estimate of drug-likeness (QED) is 0.897. The minimum absolute atomic E-state index is 0.229. The molecule has 2 aromatic heterocycles. The van der Waals surface area contributed by atoms with E-state index in [1.807, 2.05) is 30.7 Å². The van der Waals surface area contributed by atoms with Crippen molar-refractivity contribution in [1.29, 1.82) is 0 Å². The van der Waals surface area contributed by atoms with Crippen molar-refractivity contribution in [3.63, 3.8) is 0 Å². The van der Waals surface area contributed by atoms with Gasteiger partial charge in [0.2, 0.25) is 5.95 Å². The topological polar surface area (TPSA) is 50.7 Å². The molecule has 4 nitrogen and oxygen atoms in total. The zero-order chi connectivity index (χ0) is 14.5. The van der Waals surface area contributed by atoms with Crippen molar-refractivity contribution in [3.8, 4) is 0 Å². The minimum atomic E-state index is 0.229. The van der Waals surface area contributed by atoms with E-state index in [4.69, 9.17) is 4.98 Å². The third-order valence-corrected chi connectivity index (χ3v) is 4.27. The van der Waals surface area contributed by atoms with Crippen LogP contribution in [0, 0.1) is 0 Å². The van der Waals surface area contributed by atoms with Crippen LogP contribution in [0.5, 0.6) is 0 Å². The summed E-state index contributed by atoms with van der Waals surface area (Å²) in [5.41, 5.74) is 2.41. The van der Waals surface area contributed by atoms with Gasteiger partial charge >= 0.3 is 0 Å². The lowest BCUT2D eigenvalue weighted by atomic mass is 10.0. The molecule has 0 spiro atoms. The van der Waals surface area contributed by atoms with Gasteiger partial charge in [-0.25, -0.2) is 9.97 Å². The molecule has 0 aliphatic heterocycles. The van der Waals surface area contributed by atoms with E-state index in [1.165, 1.54) is 36.9 Å². The lowest BCUT2D eigenvalue weighted by Gasteiger charge is -2.18. The van der Waals surface area contributed by atoms with Crippen LogP contribution in [0.1, 0.15) is 62.2 Å². The molecule has 1 N–H and O–H groups in total. The summed E-state index contributed by atoms with van der Waals surface area (Å²) in [6.45, 7) is 2.17. The maximum absolute atomic E-state index is 4.73. The Balaban J connectivity index is 1.75. The summed E-state index contributed by atoms with van der Waals surface area (Å²) in [6.07, 6.45) is 11.7. The Kier molecular flexibility index (Phi) is 4.43. The summed E-state index contributed by atoms with van der Waals surface area (Å²) in [5, 5.41) is 3.46. The normalized spacial score (nSPS) is 16.8. The van der Waals surface area contributed by atoms with Crippen molar-refractivity contribution in [3.05, 3.63) is 48.0 Å². The van der Waals surface area contributed by atoms with Crippen LogP contribution < -0.4 is 5.32 Å². The van der Waals surface area contributed by atoms with Gasteiger partial charge in [0.25, 0.3) is 0 Å². The molecule has 1 atom stereocenters. The van der Waals surface area contributed by atoms with Crippen molar-refractivity contribution < 1.29 is 0 Å². The van der Waals surface area contributed by atoms with Crippen molar-refractivity contribution in [2.24, 2.45) is 0 Å². The van der Waals surface area contributed by atoms with E-state index in [1.54, 1.807) is 0 Å². The summed E-state index contributed by atoms with van der Waals surface area (Å²) in [5.74, 6) is 1.36. The molecule has 21 heavy (non-hydrogen) atoms. The highest BCUT2D eigenvalue weighted by atomic mass is 15.1. The predicted molar refractivity (Wildman–Crippen MR) is 84.1 cm³/mol. The Morgan fingerprint density at radius 3 is 2.62 bits per heavy atom. The highest BCUT2D eigenvalue weighted by Crippen LogP contribution is 2.33. The molecule has 0 aromatic carbocycles. The molecule has 2 heterocycles. The molecular formula is C17H22N4. The number of rotatable bonds is 5. The van der Waals surface area contributed by atoms with E-state index < -0.39 is 0 Å². The van der Waals surface area contributed by atoms with Gasteiger partial charge in [-0.05, 0) is 43.0 Å². The fourth-order valence-electron chi connectivity index (χ4n) is 3.06. The van der Waals surface area contributed by atoms with Gasteiger partial charge in [-0.1, -0.05) is 19.8 Å². The van der Waals surface area contributed by atoms with Crippen LogP contribution in [-0.2, 0) is 0 Å². The van der Waals surface area contributed by atoms with Gasteiger partial charge in [0, 0.05) is 30.2 Å². The molecule has 0 amide bonds. The third kappa shape index (κ3) is 3.38. The van der Waals surface area contributed by atoms with Crippen LogP contribution >= 0.6 is 0 Å². The first-order valence-electron chi connectivity index (χ1n) is 7.86. The molecule has 1 aliphatic carbocycles. The van der Waals surface area contributed by atoms with E-state index in [0.717, 1.165) is 12.4 Å². The van der Waals surface area contributed by atoms with Gasteiger partial charge in [0.1, 0.15) is 0 Å². The van der Waals surface area contributed by atoms with E-state index >= 15 is 0 Å². The van der Waals surface area contributed by atoms with Gasteiger partial charge in [-0.3, -0.25) is 4.98 Å². The Morgan fingerprint density at radius 2 is 1.90 bits per heavy atom. The fourth-order valence-corrected chi connectivity index (χ4v) is 3.06. The lowest BCUT2D eigenvalue weighted by molar-refractivity contribution is 0.687. The van der Waals surface area contributed by atoms with Gasteiger partial charge in [-0.2, -0.15) is 0 Å². The first-order valence-corrected chi connectivity index (χ1v) is 7.86. The van der Waals surface area contributed by atoms with Crippen molar-refractivity contribution in [2.75, 3.05) is 5.32 Å². The van der Waals surface area contributed by atoms with Crippen LogP contribution in [0.4, 0.5) is 5.95 Å². The van der Waals surface area contributed by atoms with Gasteiger partial charge < -0.3 is 5.32 Å². The molecule has 3 rings (SSSR count). The maximum atomic E-state index is 4.73. The number of nitrogens with zero attached hydrogens (tertiary/aromatic N) is 3. The number of aromatic nitrogens is 3. The van der Waals surface area contributed by atoms with E-state index in [9.17, 15) is 0 Å². The number of anilines is 1. The number of hydrogen-bond donors (Lipinski definition) is 1. The van der Waals surface area contributed by atoms with Gasteiger partial charge in [-0.15, -0.1) is 0 Å². The zero-order valence-electron chi connectivity index (χ0n) is 12.5. The van der Waals surface area contributed by atoms with E-state index in [0.29, 0.717) is 5.92 Å². The smallest absolute Gasteiger partial charge is 0.223 e. The summed E-state index contributed by atoms with van der Waals surface area (Å²) in [6, 6.07) is 6.38. The third-order valence-electron chi connectivity index (χ3n) is 4.27. The van der Waals surface area contributed by atoms with E-state index in [-0.39, 0.29) is 6.04 Å². The highest BCUT2D eigenvalue weighted by molar-refractivity contribution is 5.32. The molecule has 2 aromatic rings. The molecular weight excluding hydrogens is 260 g/mol. The molecule has 110 valence electrons. The molecule has 1 aliphatic rings. The second kappa shape index (κ2) is 6.66. The first kappa shape index (κ1) is 14.0. The fraction of sp³-hybridized carbons (Fsp3) is 0.471. The Labute approximate surface area is 126 Å². The molecule has 4 heteroatoms. The van der Waals surface area contributed by atoms with Crippen LogP contribution in [0.3, 0.4) is 0 Å². The monoisotopic (exact) mass is 282 g/mol. The number of pyridine rings is 1. The Bertz CT molecular complexity index is 564. The number of hydrogen-bond acceptors (Lipinski definition) is 4. The summed E-state index contributed by atoms with van der Waals surface area (Å²) >= 11 is 0. The summed E-state index contributed by atoms with van der Waals surface area (Å²) in [7, 11) is 0. The lowest BCUT2D eigenvalue weighted by Crippen LogP contribution is -2.13. The van der Waals surface area contributed by atoms with Gasteiger partial charge in [0.05, 0.1) is 6.04 Å². The first-order chi connectivity index (χ1) is 10.4. The SMILES string of the molecule is CCC(Nc1nccc(C2CCCC2)n1)c1ccncc1. The molecule has 0 bridgehead atoms. The average Bonchev–Trinajstić information content (AvgIpc) is 3.08. The number of nitrogens with one attached hydrogen (secondary N) is 1. The summed E-state index contributed by atoms with van der Waals surface area (Å²) < 4.78 is 0. The van der Waals surface area contributed by atoms with E-state index in [2.05, 4.69) is 28.3 Å². The minimum Gasteiger partial charge on any atom is -0.347 e. The van der Waals surface area contributed by atoms with Crippen LogP contribution in [0.15, 0.2) is 36.8 Å². The second-order valence-electron chi connectivity index (χ2n) is 5.67. The van der Waals surface area contributed by atoms with Crippen molar-refractivity contribution in [2.45, 2.75) is 51.0 Å². The van der Waals surface area contributed by atoms with Crippen LogP contribution in [0.25, 0.3) is 0 Å². The molecule has 1 saturated carbocycles. The molecule has 1 unspecified atom stereocenters. The van der Waals surface area contributed by atoms with Crippen LogP contribution in [0.2, 0.25) is 0 Å². The average molecular weight is 282 g/mol. The predicted octanol–water partition coefficient (Wildman–Crippen LogP) is 4.09. The molecule has 1 fully saturated rings. The molecule has 0 saturated heterocycles. The summed E-state index contributed by atoms with van der Waals surface area (Å²) in [4.78, 5) is 13.2. The Morgan fingerprint density at radius 1 is 1.14 bits per heavy atom.